The first-order chi connectivity index (χ1) is 9.24. The molecule has 2 rings (SSSR count). The molecular formula is C12H19N3O2S2. The van der Waals surface area contributed by atoms with Crippen LogP contribution in [-0.4, -0.2) is 33.1 Å². The fourth-order valence-corrected chi connectivity index (χ4v) is 3.77. The Morgan fingerprint density at radius 1 is 1.26 bits per heavy atom. The van der Waals surface area contributed by atoms with Crippen LogP contribution in [0.15, 0.2) is 4.34 Å². The van der Waals surface area contributed by atoms with Crippen LogP contribution in [0, 0.1) is 0 Å². The van der Waals surface area contributed by atoms with Gasteiger partial charge in [-0.3, -0.25) is 4.79 Å². The molecule has 0 radical (unpaired) electrons. The van der Waals surface area contributed by atoms with Gasteiger partial charge in [0.15, 0.2) is 4.34 Å². The van der Waals surface area contributed by atoms with Crippen molar-refractivity contribution in [2.75, 3.05) is 11.1 Å². The lowest BCUT2D eigenvalue weighted by Crippen LogP contribution is -2.20. The molecule has 1 saturated carbocycles. The summed E-state index contributed by atoms with van der Waals surface area (Å²) in [5.74, 6) is -0.785. The Labute approximate surface area is 121 Å². The minimum Gasteiger partial charge on any atom is -0.481 e. The maximum atomic E-state index is 10.5. The molecule has 19 heavy (non-hydrogen) atoms. The van der Waals surface area contributed by atoms with Crippen molar-refractivity contribution in [2.45, 2.75) is 55.3 Å². The van der Waals surface area contributed by atoms with Gasteiger partial charge in [-0.05, 0) is 12.8 Å². The van der Waals surface area contributed by atoms with E-state index >= 15 is 0 Å². The highest BCUT2D eigenvalue weighted by Gasteiger charge is 2.14. The zero-order valence-corrected chi connectivity index (χ0v) is 12.4. The quantitative estimate of drug-likeness (QED) is 0.813. The highest BCUT2D eigenvalue weighted by atomic mass is 32.2. The number of thioether (sulfide) groups is 1. The number of nitrogens with zero attached hydrogens (tertiary/aromatic N) is 2. The molecule has 2 N–H and O–H groups in total. The monoisotopic (exact) mass is 301 g/mol. The van der Waals surface area contributed by atoms with E-state index in [1.54, 1.807) is 0 Å². The van der Waals surface area contributed by atoms with Crippen LogP contribution in [0.4, 0.5) is 5.13 Å². The summed E-state index contributed by atoms with van der Waals surface area (Å²) in [4.78, 5) is 10.5. The predicted octanol–water partition coefficient (Wildman–Crippen LogP) is 3.24. The summed E-state index contributed by atoms with van der Waals surface area (Å²) in [6.07, 6.45) is 8.95. The molecule has 1 fully saturated rings. The maximum absolute atomic E-state index is 10.5. The van der Waals surface area contributed by atoms with Crippen LogP contribution >= 0.6 is 23.1 Å². The third-order valence-electron chi connectivity index (χ3n) is 3.16. The van der Waals surface area contributed by atoms with Crippen molar-refractivity contribution in [3.05, 3.63) is 0 Å². The lowest BCUT2D eigenvalue weighted by molar-refractivity contribution is -0.133. The Hall–Kier alpha value is -0.820. The minimum absolute atomic E-state index is 0.0397. The van der Waals surface area contributed by atoms with Crippen molar-refractivity contribution < 1.29 is 9.90 Å². The average molecular weight is 301 g/mol. The van der Waals surface area contributed by atoms with Crippen molar-refractivity contribution >= 4 is 34.2 Å². The molecule has 0 bridgehead atoms. The normalized spacial score (nSPS) is 17.7. The molecule has 0 amide bonds. The smallest absolute Gasteiger partial charge is 0.313 e. The summed E-state index contributed by atoms with van der Waals surface area (Å²) < 4.78 is 0.718. The Balaban J connectivity index is 1.82. The van der Waals surface area contributed by atoms with E-state index in [2.05, 4.69) is 15.5 Å². The van der Waals surface area contributed by atoms with Crippen LogP contribution in [0.2, 0.25) is 0 Å². The third kappa shape index (κ3) is 5.36. The van der Waals surface area contributed by atoms with Gasteiger partial charge in [0.25, 0.3) is 0 Å². The van der Waals surface area contributed by atoms with Gasteiger partial charge < -0.3 is 10.4 Å². The fourth-order valence-electron chi connectivity index (χ4n) is 2.22. The average Bonchev–Trinajstić information content (AvgIpc) is 2.77. The Morgan fingerprint density at radius 2 is 1.95 bits per heavy atom. The second kappa shape index (κ2) is 7.69. The molecule has 7 heteroatoms. The van der Waals surface area contributed by atoms with Crippen LogP contribution in [-0.2, 0) is 4.79 Å². The summed E-state index contributed by atoms with van der Waals surface area (Å²) in [7, 11) is 0. The zero-order valence-electron chi connectivity index (χ0n) is 10.8. The standard InChI is InChI=1S/C12H19N3O2S2/c16-10(17)8-18-12-15-14-11(19-12)13-9-6-4-2-1-3-5-7-9/h9H,1-8H2,(H,13,14)(H,16,17). The number of nitrogens with one attached hydrogen (secondary N) is 1. The molecule has 0 unspecified atom stereocenters. The van der Waals surface area contributed by atoms with Gasteiger partial charge in [-0.1, -0.05) is 55.2 Å². The van der Waals surface area contributed by atoms with Gasteiger partial charge in [0, 0.05) is 6.04 Å². The SMILES string of the molecule is O=C(O)CSc1nnc(NC2CCCCCCC2)s1. The number of anilines is 1. The van der Waals surface area contributed by atoms with Crippen LogP contribution in [0.1, 0.15) is 44.9 Å². The lowest BCUT2D eigenvalue weighted by Gasteiger charge is -2.20. The van der Waals surface area contributed by atoms with Gasteiger partial charge in [-0.25, -0.2) is 0 Å². The first-order valence-electron chi connectivity index (χ1n) is 6.68. The molecule has 0 aromatic carbocycles. The predicted molar refractivity (Wildman–Crippen MR) is 78.0 cm³/mol. The van der Waals surface area contributed by atoms with Crippen molar-refractivity contribution in [3.63, 3.8) is 0 Å². The first kappa shape index (κ1) is 14.6. The fraction of sp³-hybridized carbons (Fsp3) is 0.750. The molecule has 0 spiro atoms. The van der Waals surface area contributed by atoms with Crippen molar-refractivity contribution in [3.8, 4) is 0 Å². The number of hydrogen-bond donors (Lipinski definition) is 2. The van der Waals surface area contributed by atoms with Gasteiger partial charge in [0.1, 0.15) is 0 Å². The Kier molecular flexibility index (Phi) is 5.91. The summed E-state index contributed by atoms with van der Waals surface area (Å²) >= 11 is 2.67. The van der Waals surface area contributed by atoms with E-state index in [0.29, 0.717) is 6.04 Å². The van der Waals surface area contributed by atoms with Crippen LogP contribution in [0.25, 0.3) is 0 Å². The molecule has 1 aliphatic carbocycles. The number of rotatable bonds is 5. The van der Waals surface area contributed by atoms with Crippen molar-refractivity contribution in [2.24, 2.45) is 0 Å². The summed E-state index contributed by atoms with van der Waals surface area (Å²) in [6.45, 7) is 0. The molecular weight excluding hydrogens is 282 g/mol. The highest BCUT2D eigenvalue weighted by molar-refractivity contribution is 8.01. The van der Waals surface area contributed by atoms with E-state index in [0.717, 1.165) is 9.47 Å². The molecule has 0 saturated heterocycles. The molecule has 1 aromatic rings. The van der Waals surface area contributed by atoms with E-state index in [-0.39, 0.29) is 5.75 Å². The van der Waals surface area contributed by atoms with E-state index in [1.807, 2.05) is 0 Å². The number of carboxylic acid groups (broad SMARTS) is 1. The van der Waals surface area contributed by atoms with Gasteiger partial charge >= 0.3 is 5.97 Å². The molecule has 1 heterocycles. The summed E-state index contributed by atoms with van der Waals surface area (Å²) in [5.41, 5.74) is 0. The van der Waals surface area contributed by atoms with Gasteiger partial charge in [0.2, 0.25) is 5.13 Å². The van der Waals surface area contributed by atoms with Crippen molar-refractivity contribution in [1.82, 2.24) is 10.2 Å². The van der Waals surface area contributed by atoms with Crippen LogP contribution < -0.4 is 5.32 Å². The van der Waals surface area contributed by atoms with E-state index in [1.165, 1.54) is 68.0 Å². The number of carboxylic acids is 1. The lowest BCUT2D eigenvalue weighted by atomic mass is 9.97. The number of carbonyl (C=O) groups is 1. The highest BCUT2D eigenvalue weighted by Crippen LogP contribution is 2.27. The van der Waals surface area contributed by atoms with Gasteiger partial charge in [0.05, 0.1) is 5.75 Å². The Bertz CT molecular complexity index is 403. The molecule has 5 nitrogen and oxygen atoms in total. The minimum atomic E-state index is -0.824. The number of aromatic nitrogens is 2. The molecule has 1 aromatic heterocycles. The molecule has 1 aliphatic rings. The third-order valence-corrected chi connectivity index (χ3v) is 5.13. The number of aliphatic carboxylic acids is 1. The van der Waals surface area contributed by atoms with Gasteiger partial charge in [-0.15, -0.1) is 10.2 Å². The Morgan fingerprint density at radius 3 is 2.63 bits per heavy atom. The summed E-state index contributed by atoms with van der Waals surface area (Å²) in [6, 6.07) is 0.491. The van der Waals surface area contributed by atoms with E-state index in [4.69, 9.17) is 5.11 Å². The van der Waals surface area contributed by atoms with Crippen molar-refractivity contribution in [1.29, 1.82) is 0 Å². The van der Waals surface area contributed by atoms with Crippen LogP contribution in [0.3, 0.4) is 0 Å². The first-order valence-corrected chi connectivity index (χ1v) is 8.49. The summed E-state index contributed by atoms with van der Waals surface area (Å²) in [5, 5.41) is 21.0. The maximum Gasteiger partial charge on any atom is 0.313 e. The van der Waals surface area contributed by atoms with E-state index in [9.17, 15) is 4.79 Å². The van der Waals surface area contributed by atoms with Crippen LogP contribution in [0.5, 0.6) is 0 Å². The van der Waals surface area contributed by atoms with E-state index < -0.39 is 5.97 Å². The number of hydrogen-bond acceptors (Lipinski definition) is 6. The molecule has 0 aliphatic heterocycles. The van der Waals surface area contributed by atoms with Gasteiger partial charge in [-0.2, -0.15) is 0 Å². The largest absolute Gasteiger partial charge is 0.481 e. The molecule has 106 valence electrons. The zero-order chi connectivity index (χ0) is 13.5. The second-order valence-corrected chi connectivity index (χ2v) is 6.94. The molecule has 0 atom stereocenters. The second-order valence-electron chi connectivity index (χ2n) is 4.74. The topological polar surface area (TPSA) is 75.1 Å².